The quantitative estimate of drug-likeness (QED) is 0.530. The molecule has 106 valence electrons. The molecule has 2 N–H and O–H groups in total. The van der Waals surface area contributed by atoms with Gasteiger partial charge in [0.1, 0.15) is 0 Å². The first-order valence-corrected chi connectivity index (χ1v) is 8.42. The van der Waals surface area contributed by atoms with Crippen LogP contribution in [0.2, 0.25) is 5.02 Å². The number of hydrogen-bond donors (Lipinski definition) is 1. The van der Waals surface area contributed by atoms with Crippen LogP contribution in [0.5, 0.6) is 0 Å². The van der Waals surface area contributed by atoms with Crippen molar-refractivity contribution in [1.82, 2.24) is 0 Å². The Morgan fingerprint density at radius 3 is 2.33 bits per heavy atom. The molecule has 3 aromatic rings. The average molecular weight is 426 g/mol. The van der Waals surface area contributed by atoms with Gasteiger partial charge in [-0.15, -0.1) is 0 Å². The van der Waals surface area contributed by atoms with Crippen molar-refractivity contribution in [1.29, 1.82) is 0 Å². The minimum absolute atomic E-state index is 0.270. The molecule has 1 unspecified atom stereocenters. The van der Waals surface area contributed by atoms with Gasteiger partial charge in [-0.3, -0.25) is 0 Å². The van der Waals surface area contributed by atoms with Gasteiger partial charge >= 0.3 is 0 Å². The lowest BCUT2D eigenvalue weighted by atomic mass is 9.94. The first-order chi connectivity index (χ1) is 10.1. The van der Waals surface area contributed by atoms with Crippen LogP contribution in [0.4, 0.5) is 0 Å². The Kier molecular flexibility index (Phi) is 4.36. The minimum atomic E-state index is -0.270. The Balaban J connectivity index is 2.20. The van der Waals surface area contributed by atoms with Gasteiger partial charge in [0.2, 0.25) is 0 Å². The number of rotatable bonds is 2. The molecule has 0 saturated heterocycles. The molecule has 0 aromatic heterocycles. The molecule has 21 heavy (non-hydrogen) atoms. The Labute approximate surface area is 145 Å². The molecule has 0 aliphatic rings. The minimum Gasteiger partial charge on any atom is -0.320 e. The van der Waals surface area contributed by atoms with E-state index in [1.165, 1.54) is 0 Å². The van der Waals surface area contributed by atoms with Gasteiger partial charge < -0.3 is 5.73 Å². The molecule has 4 heteroatoms. The SMILES string of the molecule is NC(c1cc(Br)ccc1Cl)c1ccc(Br)c2ccccc12. The van der Waals surface area contributed by atoms with E-state index in [1.54, 1.807) is 0 Å². The Morgan fingerprint density at radius 1 is 0.857 bits per heavy atom. The summed E-state index contributed by atoms with van der Waals surface area (Å²) in [7, 11) is 0. The molecular formula is C17H12Br2ClN. The van der Waals surface area contributed by atoms with E-state index in [0.29, 0.717) is 5.02 Å². The van der Waals surface area contributed by atoms with Gasteiger partial charge in [-0.2, -0.15) is 0 Å². The molecule has 0 bridgehead atoms. The molecule has 1 nitrogen and oxygen atoms in total. The highest BCUT2D eigenvalue weighted by Crippen LogP contribution is 2.35. The summed E-state index contributed by atoms with van der Waals surface area (Å²) >= 11 is 13.4. The maximum atomic E-state index is 6.48. The number of fused-ring (bicyclic) bond motifs is 1. The molecule has 0 saturated carbocycles. The molecule has 0 aliphatic carbocycles. The van der Waals surface area contributed by atoms with Gasteiger partial charge in [0, 0.05) is 14.0 Å². The fourth-order valence-electron chi connectivity index (χ4n) is 2.48. The van der Waals surface area contributed by atoms with E-state index in [0.717, 1.165) is 30.8 Å². The van der Waals surface area contributed by atoms with Gasteiger partial charge in [-0.05, 0) is 46.2 Å². The summed E-state index contributed by atoms with van der Waals surface area (Å²) in [4.78, 5) is 0. The zero-order valence-corrected chi connectivity index (χ0v) is 14.9. The van der Waals surface area contributed by atoms with E-state index in [-0.39, 0.29) is 6.04 Å². The summed E-state index contributed by atoms with van der Waals surface area (Å²) in [6.45, 7) is 0. The zero-order chi connectivity index (χ0) is 15.0. The van der Waals surface area contributed by atoms with Crippen molar-refractivity contribution in [2.45, 2.75) is 6.04 Å². The standard InChI is InChI=1S/C17H12Br2ClN/c18-10-5-8-16(20)14(9-10)17(21)13-6-7-15(19)12-4-2-1-3-11(12)13/h1-9,17H,21H2. The van der Waals surface area contributed by atoms with Crippen LogP contribution in [0.25, 0.3) is 10.8 Å². The van der Waals surface area contributed by atoms with E-state index in [9.17, 15) is 0 Å². The summed E-state index contributed by atoms with van der Waals surface area (Å²) in [6.07, 6.45) is 0. The van der Waals surface area contributed by atoms with Gasteiger partial charge in [0.05, 0.1) is 6.04 Å². The van der Waals surface area contributed by atoms with Crippen LogP contribution in [0.3, 0.4) is 0 Å². The number of benzene rings is 3. The molecular weight excluding hydrogens is 413 g/mol. The van der Waals surface area contributed by atoms with Crippen molar-refractivity contribution in [2.24, 2.45) is 5.73 Å². The fourth-order valence-corrected chi connectivity index (χ4v) is 3.57. The monoisotopic (exact) mass is 423 g/mol. The smallest absolute Gasteiger partial charge is 0.0572 e. The van der Waals surface area contributed by atoms with Crippen LogP contribution in [-0.4, -0.2) is 0 Å². The lowest BCUT2D eigenvalue weighted by Gasteiger charge is -2.17. The lowest BCUT2D eigenvalue weighted by Crippen LogP contribution is -2.13. The second-order valence-electron chi connectivity index (χ2n) is 4.83. The first-order valence-electron chi connectivity index (χ1n) is 6.45. The third kappa shape index (κ3) is 2.88. The Morgan fingerprint density at radius 2 is 1.57 bits per heavy atom. The van der Waals surface area contributed by atoms with Crippen molar-refractivity contribution in [3.05, 3.63) is 79.7 Å². The van der Waals surface area contributed by atoms with Crippen LogP contribution in [0, 0.1) is 0 Å². The maximum Gasteiger partial charge on any atom is 0.0572 e. The fraction of sp³-hybridized carbons (Fsp3) is 0.0588. The molecule has 0 fully saturated rings. The highest BCUT2D eigenvalue weighted by Gasteiger charge is 2.16. The third-order valence-corrected chi connectivity index (χ3v) is 5.06. The van der Waals surface area contributed by atoms with E-state index in [1.807, 2.05) is 42.5 Å². The Hall–Kier alpha value is -0.870. The molecule has 0 amide bonds. The topological polar surface area (TPSA) is 26.0 Å². The van der Waals surface area contributed by atoms with Gasteiger partial charge in [0.15, 0.2) is 0 Å². The molecule has 3 aromatic carbocycles. The predicted molar refractivity (Wildman–Crippen MR) is 96.8 cm³/mol. The van der Waals surface area contributed by atoms with Crippen molar-refractivity contribution in [3.8, 4) is 0 Å². The van der Waals surface area contributed by atoms with Crippen LogP contribution < -0.4 is 5.73 Å². The van der Waals surface area contributed by atoms with Crippen molar-refractivity contribution in [2.75, 3.05) is 0 Å². The molecule has 0 heterocycles. The van der Waals surface area contributed by atoms with E-state index >= 15 is 0 Å². The van der Waals surface area contributed by atoms with Crippen molar-refractivity contribution in [3.63, 3.8) is 0 Å². The summed E-state index contributed by atoms with van der Waals surface area (Å²) in [6, 6.07) is 17.8. The van der Waals surface area contributed by atoms with E-state index in [4.69, 9.17) is 17.3 Å². The average Bonchev–Trinajstić information content (AvgIpc) is 2.50. The second kappa shape index (κ2) is 6.09. The highest BCUT2D eigenvalue weighted by atomic mass is 79.9. The maximum absolute atomic E-state index is 6.48. The van der Waals surface area contributed by atoms with E-state index < -0.39 is 0 Å². The summed E-state index contributed by atoms with van der Waals surface area (Å²) < 4.78 is 2.04. The second-order valence-corrected chi connectivity index (χ2v) is 7.00. The van der Waals surface area contributed by atoms with E-state index in [2.05, 4.69) is 44.0 Å². The molecule has 1 atom stereocenters. The van der Waals surface area contributed by atoms with Gasteiger partial charge in [-0.25, -0.2) is 0 Å². The number of halogens is 3. The van der Waals surface area contributed by atoms with Crippen LogP contribution in [0.1, 0.15) is 17.2 Å². The largest absolute Gasteiger partial charge is 0.320 e. The highest BCUT2D eigenvalue weighted by molar-refractivity contribution is 9.11. The van der Waals surface area contributed by atoms with Crippen LogP contribution >= 0.6 is 43.5 Å². The third-order valence-electron chi connectivity index (χ3n) is 3.53. The Bertz CT molecular complexity index is 817. The summed E-state index contributed by atoms with van der Waals surface area (Å²) in [5.74, 6) is 0. The normalized spacial score (nSPS) is 12.6. The zero-order valence-electron chi connectivity index (χ0n) is 11.0. The van der Waals surface area contributed by atoms with Crippen molar-refractivity contribution >= 4 is 54.2 Å². The van der Waals surface area contributed by atoms with Gasteiger partial charge in [-0.1, -0.05) is 73.8 Å². The van der Waals surface area contributed by atoms with Crippen molar-refractivity contribution < 1.29 is 0 Å². The first kappa shape index (κ1) is 15.0. The number of hydrogen-bond acceptors (Lipinski definition) is 1. The van der Waals surface area contributed by atoms with Gasteiger partial charge in [0.25, 0.3) is 0 Å². The number of nitrogens with two attached hydrogens (primary N) is 1. The van der Waals surface area contributed by atoms with Crippen LogP contribution in [-0.2, 0) is 0 Å². The lowest BCUT2D eigenvalue weighted by molar-refractivity contribution is 0.880. The molecule has 0 radical (unpaired) electrons. The molecule has 3 rings (SSSR count). The molecule has 0 aliphatic heterocycles. The summed E-state index contributed by atoms with van der Waals surface area (Å²) in [5.41, 5.74) is 8.46. The summed E-state index contributed by atoms with van der Waals surface area (Å²) in [5, 5.41) is 2.96. The predicted octanol–water partition coefficient (Wildman–Crippen LogP) is 6.07. The van der Waals surface area contributed by atoms with Crippen LogP contribution in [0.15, 0.2) is 63.5 Å². The molecule has 0 spiro atoms.